The topological polar surface area (TPSA) is 130 Å². The number of hydrogen-bond acceptors (Lipinski definition) is 7. The van der Waals surface area contributed by atoms with Gasteiger partial charge in [-0.05, 0) is 33.6 Å². The average molecular weight is 339 g/mol. The van der Waals surface area contributed by atoms with E-state index >= 15 is 0 Å². The van der Waals surface area contributed by atoms with E-state index in [0.29, 0.717) is 25.9 Å². The Morgan fingerprint density at radius 2 is 2.04 bits per heavy atom. The van der Waals surface area contributed by atoms with Gasteiger partial charge >= 0.3 is 11.7 Å². The van der Waals surface area contributed by atoms with E-state index in [-0.39, 0.29) is 23.4 Å². The Morgan fingerprint density at radius 1 is 1.42 bits per heavy atom. The third kappa shape index (κ3) is 4.28. The van der Waals surface area contributed by atoms with Gasteiger partial charge < -0.3 is 10.2 Å². The van der Waals surface area contributed by atoms with Crippen LogP contribution in [0.4, 0.5) is 5.69 Å². The molecule has 2 heterocycles. The van der Waals surface area contributed by atoms with Crippen molar-refractivity contribution in [3.63, 3.8) is 0 Å². The van der Waals surface area contributed by atoms with Crippen molar-refractivity contribution in [1.29, 1.82) is 0 Å². The number of carbonyl (C=O) groups is 2. The molecule has 10 nitrogen and oxygen atoms in total. The van der Waals surface area contributed by atoms with Crippen LogP contribution in [0, 0.1) is 15.5 Å². The minimum absolute atomic E-state index is 0.148. The maximum atomic E-state index is 12.1. The van der Waals surface area contributed by atoms with E-state index in [2.05, 4.69) is 15.5 Å². The van der Waals surface area contributed by atoms with E-state index in [1.165, 1.54) is 0 Å². The van der Waals surface area contributed by atoms with Gasteiger partial charge in [0.2, 0.25) is 5.69 Å². The van der Waals surface area contributed by atoms with Crippen molar-refractivity contribution < 1.29 is 19.3 Å². The van der Waals surface area contributed by atoms with Gasteiger partial charge in [0.25, 0.3) is 5.91 Å². The molecule has 0 bridgehead atoms. The van der Waals surface area contributed by atoms with Crippen LogP contribution in [0.25, 0.3) is 0 Å². The molecule has 0 atom stereocenters. The number of aromatic amines is 1. The lowest BCUT2D eigenvalue weighted by Gasteiger charge is -2.32. The van der Waals surface area contributed by atoms with Crippen molar-refractivity contribution in [3.8, 4) is 0 Å². The Morgan fingerprint density at radius 3 is 2.58 bits per heavy atom. The lowest BCUT2D eigenvalue weighted by atomic mass is 9.98. The summed E-state index contributed by atoms with van der Waals surface area (Å²) in [6.45, 7) is 6.30. The van der Waals surface area contributed by atoms with Crippen molar-refractivity contribution in [2.24, 2.45) is 5.41 Å². The third-order valence-electron chi connectivity index (χ3n) is 3.66. The van der Waals surface area contributed by atoms with E-state index < -0.39 is 16.2 Å². The van der Waals surface area contributed by atoms with E-state index in [4.69, 9.17) is 4.84 Å². The quantitative estimate of drug-likeness (QED) is 0.618. The molecule has 132 valence electrons. The van der Waals surface area contributed by atoms with Crippen molar-refractivity contribution >= 4 is 17.6 Å². The lowest BCUT2D eigenvalue weighted by molar-refractivity contribution is -0.385. The number of nitrogens with zero attached hydrogens (tertiary/aromatic N) is 3. The van der Waals surface area contributed by atoms with E-state index in [1.54, 1.807) is 25.8 Å². The van der Waals surface area contributed by atoms with E-state index in [1.807, 2.05) is 0 Å². The summed E-state index contributed by atoms with van der Waals surface area (Å²) in [5, 5.41) is 21.0. The molecule has 1 aliphatic rings. The van der Waals surface area contributed by atoms with E-state index in [0.717, 1.165) is 6.20 Å². The molecule has 1 aromatic rings. The molecule has 1 aromatic heterocycles. The molecule has 2 N–H and O–H groups in total. The number of piperidine rings is 1. The summed E-state index contributed by atoms with van der Waals surface area (Å²) in [5.41, 5.74) is -1.10. The zero-order valence-electron chi connectivity index (χ0n) is 13.9. The fourth-order valence-electron chi connectivity index (χ4n) is 2.19. The summed E-state index contributed by atoms with van der Waals surface area (Å²) < 4.78 is 0. The van der Waals surface area contributed by atoms with Crippen molar-refractivity contribution in [1.82, 2.24) is 20.6 Å². The van der Waals surface area contributed by atoms with Crippen LogP contribution < -0.4 is 5.32 Å². The van der Waals surface area contributed by atoms with Crippen molar-refractivity contribution in [2.75, 3.05) is 13.1 Å². The minimum Gasteiger partial charge on any atom is -0.367 e. The average Bonchev–Trinajstić information content (AvgIpc) is 2.98. The number of rotatable bonds is 4. The van der Waals surface area contributed by atoms with Gasteiger partial charge in [0.05, 0.1) is 10.3 Å². The van der Waals surface area contributed by atoms with Gasteiger partial charge in [-0.2, -0.15) is 5.10 Å². The smallest absolute Gasteiger partial charge is 0.330 e. The lowest BCUT2D eigenvalue weighted by Crippen LogP contribution is -2.46. The third-order valence-corrected chi connectivity index (χ3v) is 3.66. The molecule has 2 rings (SSSR count). The highest BCUT2D eigenvalue weighted by atomic mass is 16.7. The van der Waals surface area contributed by atoms with Gasteiger partial charge in [-0.1, -0.05) is 0 Å². The molecule has 24 heavy (non-hydrogen) atoms. The first-order chi connectivity index (χ1) is 11.2. The number of nitrogens with one attached hydrogen (secondary N) is 2. The summed E-state index contributed by atoms with van der Waals surface area (Å²) in [6.07, 6.45) is 2.15. The Kier molecular flexibility index (Phi) is 5.17. The number of nitro groups is 1. The normalized spacial score (nSPS) is 16.6. The fraction of sp³-hybridized carbons (Fsp3) is 0.643. The van der Waals surface area contributed by atoms with Crippen LogP contribution >= 0.6 is 0 Å². The van der Waals surface area contributed by atoms with Gasteiger partial charge in [-0.3, -0.25) is 20.0 Å². The number of amides is 1. The molecule has 0 saturated carbocycles. The van der Waals surface area contributed by atoms with Gasteiger partial charge in [-0.25, -0.2) is 4.79 Å². The SMILES string of the molecule is CC(C)(C)C(=O)ON1CCC(NC(=O)c2[nH]ncc2[N+](=O)[O-])CC1. The van der Waals surface area contributed by atoms with Crippen LogP contribution in [0.2, 0.25) is 0 Å². The summed E-state index contributed by atoms with van der Waals surface area (Å²) in [6, 6.07) is -0.148. The van der Waals surface area contributed by atoms with Gasteiger partial charge in [-0.15, -0.1) is 5.06 Å². The van der Waals surface area contributed by atoms with Crippen LogP contribution in [0.3, 0.4) is 0 Å². The minimum atomic E-state index is -0.660. The van der Waals surface area contributed by atoms with Crippen LogP contribution in [-0.2, 0) is 9.63 Å². The van der Waals surface area contributed by atoms with E-state index in [9.17, 15) is 19.7 Å². The zero-order valence-corrected chi connectivity index (χ0v) is 13.9. The molecule has 10 heteroatoms. The predicted octanol–water partition coefficient (Wildman–Crippen LogP) is 1.02. The summed E-state index contributed by atoms with van der Waals surface area (Å²) in [7, 11) is 0. The van der Waals surface area contributed by atoms with Gasteiger partial charge in [0.15, 0.2) is 0 Å². The summed E-state index contributed by atoms with van der Waals surface area (Å²) in [5.74, 6) is -0.873. The number of hydrogen-bond donors (Lipinski definition) is 2. The molecule has 0 aliphatic carbocycles. The van der Waals surface area contributed by atoms with Crippen LogP contribution in [-0.4, -0.2) is 51.2 Å². The summed E-state index contributed by atoms with van der Waals surface area (Å²) in [4.78, 5) is 39.4. The van der Waals surface area contributed by atoms with Gasteiger partial charge in [0.1, 0.15) is 6.20 Å². The Balaban J connectivity index is 1.85. The molecule has 1 saturated heterocycles. The van der Waals surface area contributed by atoms with Gasteiger partial charge in [0, 0.05) is 19.1 Å². The predicted molar refractivity (Wildman–Crippen MR) is 82.9 cm³/mol. The maximum absolute atomic E-state index is 12.1. The molecule has 0 unspecified atom stereocenters. The van der Waals surface area contributed by atoms with Crippen LogP contribution in [0.15, 0.2) is 6.20 Å². The first-order valence-electron chi connectivity index (χ1n) is 7.64. The number of aromatic nitrogens is 2. The number of carbonyl (C=O) groups excluding carboxylic acids is 2. The first kappa shape index (κ1) is 17.9. The number of hydroxylamine groups is 2. The molecule has 0 aromatic carbocycles. The van der Waals surface area contributed by atoms with Crippen LogP contribution in [0.1, 0.15) is 44.1 Å². The van der Waals surface area contributed by atoms with Crippen LogP contribution in [0.5, 0.6) is 0 Å². The number of H-pyrrole nitrogens is 1. The maximum Gasteiger partial charge on any atom is 0.330 e. The highest BCUT2D eigenvalue weighted by Gasteiger charge is 2.30. The second-order valence-corrected chi connectivity index (χ2v) is 6.69. The molecular weight excluding hydrogens is 318 g/mol. The summed E-state index contributed by atoms with van der Waals surface area (Å²) >= 11 is 0. The van der Waals surface area contributed by atoms with Crippen molar-refractivity contribution in [3.05, 3.63) is 22.0 Å². The first-order valence-corrected chi connectivity index (χ1v) is 7.64. The Hall–Kier alpha value is -2.49. The zero-order chi connectivity index (χ0) is 17.9. The highest BCUT2D eigenvalue weighted by molar-refractivity contribution is 5.96. The molecule has 1 amide bonds. The Labute approximate surface area is 138 Å². The molecule has 1 aliphatic heterocycles. The monoisotopic (exact) mass is 339 g/mol. The second-order valence-electron chi connectivity index (χ2n) is 6.69. The molecular formula is C14H21N5O5. The fourth-order valence-corrected chi connectivity index (χ4v) is 2.19. The standard InChI is InChI=1S/C14H21N5O5/c1-14(2,3)13(21)24-18-6-4-9(5-7-18)16-12(20)11-10(19(22)23)8-15-17-11/h8-9H,4-7H2,1-3H3,(H,15,17)(H,16,20). The Bertz CT molecular complexity index is 628. The molecule has 0 spiro atoms. The second kappa shape index (κ2) is 6.95. The molecule has 1 fully saturated rings. The largest absolute Gasteiger partial charge is 0.367 e. The molecule has 0 radical (unpaired) electrons. The van der Waals surface area contributed by atoms with Crippen molar-refractivity contribution in [2.45, 2.75) is 39.7 Å². The highest BCUT2D eigenvalue weighted by Crippen LogP contribution is 2.19.